The van der Waals surface area contributed by atoms with Crippen LogP contribution in [0.25, 0.3) is 0 Å². The molecule has 0 bridgehead atoms. The molecular weight excluding hydrogens is 582 g/mol. The van der Waals surface area contributed by atoms with Crippen molar-refractivity contribution in [1.82, 2.24) is 15.2 Å². The van der Waals surface area contributed by atoms with E-state index in [2.05, 4.69) is 26.2 Å². The van der Waals surface area contributed by atoms with Gasteiger partial charge in [-0.15, -0.1) is 11.3 Å². The van der Waals surface area contributed by atoms with Crippen LogP contribution in [0.15, 0.2) is 50.5 Å². The van der Waals surface area contributed by atoms with Gasteiger partial charge in [-0.05, 0) is 31.0 Å². The Morgan fingerprint density at radius 3 is 2.76 bits per heavy atom. The van der Waals surface area contributed by atoms with Crippen LogP contribution in [0.3, 0.4) is 0 Å². The topological polar surface area (TPSA) is 104 Å². The Balaban J connectivity index is 1.82. The molecule has 12 heteroatoms. The van der Waals surface area contributed by atoms with Gasteiger partial charge in [0.1, 0.15) is 18.0 Å². The summed E-state index contributed by atoms with van der Waals surface area (Å²) in [5.74, 6) is -1.59. The maximum absolute atomic E-state index is 15.2. The molecule has 0 spiro atoms. The Bertz CT molecular complexity index is 1270. The van der Waals surface area contributed by atoms with Gasteiger partial charge >= 0.3 is 11.9 Å². The van der Waals surface area contributed by atoms with E-state index >= 15 is 4.39 Å². The van der Waals surface area contributed by atoms with Gasteiger partial charge in [0.05, 0.1) is 12.2 Å². The van der Waals surface area contributed by atoms with E-state index in [1.165, 1.54) is 23.5 Å². The second-order valence-corrected chi connectivity index (χ2v) is 11.5. The van der Waals surface area contributed by atoms with Gasteiger partial charge in [-0.1, -0.05) is 35.8 Å². The molecule has 0 aliphatic carbocycles. The van der Waals surface area contributed by atoms with E-state index in [1.807, 2.05) is 4.90 Å². The predicted molar refractivity (Wildman–Crippen MR) is 143 cm³/mol. The number of halogens is 3. The van der Waals surface area contributed by atoms with Gasteiger partial charge < -0.3 is 15.2 Å². The van der Waals surface area contributed by atoms with E-state index in [0.717, 1.165) is 0 Å². The standard InChI is InChI=1S/C26H29BrF2N4O4S/c1-4-37-25(36)21-17(12-33-13-18(29)26(2,3)19(33)7-8-20(34)35)31-23(24-30-9-10-38-24)32-22(21)15-6-5-14(28)11-16(15)27/h5-6,9-11,18-19,22H,4,7-8,12-13H2,1-3H3,(H,31,32)(H,34,35)/t18-,19?,22+/m1/s1. The van der Waals surface area contributed by atoms with Crippen molar-refractivity contribution < 1.29 is 28.2 Å². The molecule has 3 heterocycles. The highest BCUT2D eigenvalue weighted by Crippen LogP contribution is 2.42. The fraction of sp³-hybridized carbons (Fsp3) is 0.462. The van der Waals surface area contributed by atoms with Gasteiger partial charge in [0, 0.05) is 52.7 Å². The van der Waals surface area contributed by atoms with Crippen LogP contribution in [0.1, 0.15) is 50.2 Å². The average Bonchev–Trinajstić information content (AvgIpc) is 3.44. The lowest BCUT2D eigenvalue weighted by Crippen LogP contribution is -2.43. The zero-order valence-corrected chi connectivity index (χ0v) is 23.6. The minimum absolute atomic E-state index is 0.0766. The third-order valence-electron chi connectivity index (χ3n) is 7.01. The number of hydrogen-bond donors (Lipinski definition) is 2. The molecule has 2 aliphatic heterocycles. The van der Waals surface area contributed by atoms with Gasteiger partial charge in [0.2, 0.25) is 0 Å². The van der Waals surface area contributed by atoms with Crippen molar-refractivity contribution in [3.8, 4) is 0 Å². The van der Waals surface area contributed by atoms with Gasteiger partial charge in [0.15, 0.2) is 10.8 Å². The molecule has 1 aromatic heterocycles. The number of thiazole rings is 1. The molecule has 0 saturated carbocycles. The van der Waals surface area contributed by atoms with Crippen LogP contribution in [0.4, 0.5) is 8.78 Å². The Hall–Kier alpha value is -2.70. The summed E-state index contributed by atoms with van der Waals surface area (Å²) in [7, 11) is 0. The summed E-state index contributed by atoms with van der Waals surface area (Å²) < 4.78 is 35.0. The lowest BCUT2D eigenvalue weighted by molar-refractivity contribution is -0.139. The first-order valence-corrected chi connectivity index (χ1v) is 13.9. The van der Waals surface area contributed by atoms with Crippen LogP contribution in [-0.2, 0) is 14.3 Å². The van der Waals surface area contributed by atoms with Crippen molar-refractivity contribution in [2.75, 3.05) is 19.7 Å². The van der Waals surface area contributed by atoms with Gasteiger partial charge in [-0.3, -0.25) is 14.7 Å². The number of carboxylic acid groups (broad SMARTS) is 1. The molecule has 1 saturated heterocycles. The quantitative estimate of drug-likeness (QED) is 0.390. The summed E-state index contributed by atoms with van der Waals surface area (Å²) in [4.78, 5) is 35.7. The van der Waals surface area contributed by atoms with Crippen molar-refractivity contribution >= 4 is 45.0 Å². The number of aliphatic imine (C=N–C) groups is 1. The zero-order valence-electron chi connectivity index (χ0n) is 21.2. The van der Waals surface area contributed by atoms with E-state index in [9.17, 15) is 19.1 Å². The van der Waals surface area contributed by atoms with Gasteiger partial charge in [-0.2, -0.15) is 0 Å². The van der Waals surface area contributed by atoms with Gasteiger partial charge in [0.25, 0.3) is 0 Å². The number of carbonyl (C=O) groups is 2. The number of rotatable bonds is 9. The molecule has 1 fully saturated rings. The van der Waals surface area contributed by atoms with E-state index in [-0.39, 0.29) is 44.2 Å². The number of ether oxygens (including phenoxy) is 1. The van der Waals surface area contributed by atoms with Crippen LogP contribution < -0.4 is 5.32 Å². The van der Waals surface area contributed by atoms with Crippen LogP contribution in [0.5, 0.6) is 0 Å². The normalized spacial score (nSPS) is 23.2. The molecule has 2 aliphatic rings. The van der Waals surface area contributed by atoms with Crippen molar-refractivity contribution in [1.29, 1.82) is 0 Å². The highest BCUT2D eigenvalue weighted by Gasteiger charge is 2.49. The molecule has 2 N–H and O–H groups in total. The smallest absolute Gasteiger partial charge is 0.338 e. The number of nitrogens with one attached hydrogen (secondary N) is 1. The summed E-state index contributed by atoms with van der Waals surface area (Å²) in [6, 6.07) is 2.92. The number of esters is 1. The number of benzene rings is 1. The minimum Gasteiger partial charge on any atom is -0.481 e. The molecule has 1 unspecified atom stereocenters. The lowest BCUT2D eigenvalue weighted by Gasteiger charge is -2.35. The number of nitrogens with zero attached hydrogens (tertiary/aromatic N) is 3. The molecule has 3 atom stereocenters. The SMILES string of the molecule is CCOC(=O)C1=C(CN2C[C@@H](F)C(C)(C)C2CCC(=O)O)NC(c2nccs2)=N[C@H]1c1ccc(F)cc1Br. The minimum atomic E-state index is -1.19. The number of alkyl halides is 1. The number of aliphatic carboxylic acids is 1. The summed E-state index contributed by atoms with van der Waals surface area (Å²) >= 11 is 4.76. The first-order chi connectivity index (χ1) is 18.0. The van der Waals surface area contributed by atoms with Crippen molar-refractivity contribution in [2.45, 2.75) is 51.9 Å². The van der Waals surface area contributed by atoms with Crippen molar-refractivity contribution in [2.24, 2.45) is 10.4 Å². The van der Waals surface area contributed by atoms with E-state index in [4.69, 9.17) is 9.73 Å². The summed E-state index contributed by atoms with van der Waals surface area (Å²) in [6.45, 7) is 5.61. The molecule has 0 amide bonds. The molecular formula is C26H29BrF2N4O4S. The molecule has 8 nitrogen and oxygen atoms in total. The third kappa shape index (κ3) is 5.81. The van der Waals surface area contributed by atoms with Crippen molar-refractivity contribution in [3.63, 3.8) is 0 Å². The Morgan fingerprint density at radius 1 is 1.37 bits per heavy atom. The van der Waals surface area contributed by atoms with Crippen LogP contribution >= 0.6 is 27.3 Å². The zero-order chi connectivity index (χ0) is 27.6. The lowest BCUT2D eigenvalue weighted by atomic mass is 9.81. The average molecular weight is 612 g/mol. The fourth-order valence-electron chi connectivity index (χ4n) is 5.01. The number of carboxylic acids is 1. The summed E-state index contributed by atoms with van der Waals surface area (Å²) in [5, 5.41) is 14.9. The Morgan fingerprint density at radius 2 is 2.13 bits per heavy atom. The highest BCUT2D eigenvalue weighted by molar-refractivity contribution is 9.10. The van der Waals surface area contributed by atoms with E-state index in [0.29, 0.717) is 26.6 Å². The van der Waals surface area contributed by atoms with Crippen LogP contribution in [0, 0.1) is 11.2 Å². The van der Waals surface area contributed by atoms with Crippen LogP contribution in [0.2, 0.25) is 0 Å². The number of hydrogen-bond acceptors (Lipinski definition) is 8. The summed E-state index contributed by atoms with van der Waals surface area (Å²) in [6.07, 6.45) is 0.595. The van der Waals surface area contributed by atoms with Gasteiger partial charge in [-0.25, -0.2) is 18.6 Å². The molecule has 4 rings (SSSR count). The molecule has 0 radical (unpaired) electrons. The number of carbonyl (C=O) groups excluding carboxylic acids is 1. The predicted octanol–water partition coefficient (Wildman–Crippen LogP) is 4.87. The second-order valence-electron chi connectivity index (χ2n) is 9.79. The third-order valence-corrected chi connectivity index (χ3v) is 8.47. The Kier molecular flexibility index (Phi) is 8.63. The summed E-state index contributed by atoms with van der Waals surface area (Å²) in [5.41, 5.74) is 0.433. The molecule has 38 heavy (non-hydrogen) atoms. The maximum atomic E-state index is 15.2. The van der Waals surface area contributed by atoms with Crippen molar-refractivity contribution in [3.05, 3.63) is 61.9 Å². The molecule has 204 valence electrons. The second kappa shape index (κ2) is 11.6. The molecule has 2 aromatic rings. The largest absolute Gasteiger partial charge is 0.481 e. The monoisotopic (exact) mass is 610 g/mol. The molecule has 1 aromatic carbocycles. The number of likely N-dealkylation sites (tertiary alicyclic amines) is 1. The Labute approximate surface area is 231 Å². The van der Waals surface area contributed by atoms with Crippen LogP contribution in [-0.4, -0.2) is 64.7 Å². The van der Waals surface area contributed by atoms with E-state index < -0.39 is 35.4 Å². The number of amidine groups is 1. The fourth-order valence-corrected chi connectivity index (χ4v) is 6.16. The first-order valence-electron chi connectivity index (χ1n) is 12.2. The first kappa shape index (κ1) is 28.3. The van der Waals surface area contributed by atoms with E-state index in [1.54, 1.807) is 38.4 Å². The highest BCUT2D eigenvalue weighted by atomic mass is 79.9. The maximum Gasteiger partial charge on any atom is 0.338 e. The number of aromatic nitrogens is 1.